The second-order valence-electron chi connectivity index (χ2n) is 7.39. The molecule has 27 heavy (non-hydrogen) atoms. The standard InChI is InChI=1S/C25H35NO/c1-3-5-7-8-9-10-11-12-13-14-17-22-21-25(27)23-18-15-16-19-24(23)26(22)20-6-4-2/h15-16,18-19,21H,3-11,14,17,20H2,1-2H3. The molecule has 0 saturated carbocycles. The number of aromatic nitrogens is 1. The monoisotopic (exact) mass is 365 g/mol. The van der Waals surface area contributed by atoms with Crippen LogP contribution in [0.3, 0.4) is 0 Å². The first kappa shape index (κ1) is 21.3. The Morgan fingerprint density at radius 2 is 1.56 bits per heavy atom. The summed E-state index contributed by atoms with van der Waals surface area (Å²) >= 11 is 0. The Balaban J connectivity index is 1.94. The molecular weight excluding hydrogens is 330 g/mol. The van der Waals surface area contributed by atoms with Crippen molar-refractivity contribution in [1.82, 2.24) is 4.57 Å². The maximum absolute atomic E-state index is 12.5. The van der Waals surface area contributed by atoms with Crippen molar-refractivity contribution >= 4 is 10.9 Å². The summed E-state index contributed by atoms with van der Waals surface area (Å²) in [5.41, 5.74) is 2.32. The summed E-state index contributed by atoms with van der Waals surface area (Å²) < 4.78 is 2.33. The second kappa shape index (κ2) is 12.4. The normalized spacial score (nSPS) is 10.7. The van der Waals surface area contributed by atoms with Crippen molar-refractivity contribution in [2.45, 2.75) is 91.0 Å². The first-order valence-corrected chi connectivity index (χ1v) is 10.8. The fourth-order valence-corrected chi connectivity index (χ4v) is 3.53. The molecule has 0 atom stereocenters. The molecule has 0 fully saturated rings. The van der Waals surface area contributed by atoms with Crippen molar-refractivity contribution in [2.75, 3.05) is 0 Å². The van der Waals surface area contributed by atoms with Crippen LogP contribution in [0.15, 0.2) is 35.1 Å². The molecule has 0 unspecified atom stereocenters. The van der Waals surface area contributed by atoms with Crippen molar-refractivity contribution in [3.8, 4) is 11.8 Å². The first-order valence-electron chi connectivity index (χ1n) is 10.8. The molecule has 0 aliphatic heterocycles. The highest BCUT2D eigenvalue weighted by Gasteiger charge is 2.08. The third-order valence-electron chi connectivity index (χ3n) is 5.13. The smallest absolute Gasteiger partial charge is 0.189 e. The van der Waals surface area contributed by atoms with Gasteiger partial charge in [-0.2, -0.15) is 0 Å². The van der Waals surface area contributed by atoms with E-state index >= 15 is 0 Å². The third-order valence-corrected chi connectivity index (χ3v) is 5.13. The molecule has 2 heteroatoms. The molecule has 0 N–H and O–H groups in total. The fourth-order valence-electron chi connectivity index (χ4n) is 3.53. The minimum absolute atomic E-state index is 0.133. The predicted molar refractivity (Wildman–Crippen MR) is 117 cm³/mol. The molecule has 1 aromatic carbocycles. The van der Waals surface area contributed by atoms with Crippen LogP contribution in [0.2, 0.25) is 0 Å². The molecule has 2 nitrogen and oxygen atoms in total. The van der Waals surface area contributed by atoms with E-state index in [1.165, 1.54) is 38.5 Å². The van der Waals surface area contributed by atoms with Crippen LogP contribution < -0.4 is 5.43 Å². The van der Waals surface area contributed by atoms with E-state index in [-0.39, 0.29) is 5.43 Å². The van der Waals surface area contributed by atoms with Gasteiger partial charge in [-0.3, -0.25) is 4.79 Å². The molecule has 1 heterocycles. The second-order valence-corrected chi connectivity index (χ2v) is 7.39. The highest BCUT2D eigenvalue weighted by atomic mass is 16.1. The molecule has 0 spiro atoms. The molecule has 0 bridgehead atoms. The van der Waals surface area contributed by atoms with Gasteiger partial charge in [0.2, 0.25) is 0 Å². The van der Waals surface area contributed by atoms with E-state index in [1.807, 2.05) is 24.3 Å². The number of aryl methyl sites for hydroxylation is 2. The van der Waals surface area contributed by atoms with Crippen LogP contribution in [-0.2, 0) is 13.0 Å². The number of nitrogens with zero attached hydrogens (tertiary/aromatic N) is 1. The summed E-state index contributed by atoms with van der Waals surface area (Å²) in [6.45, 7) is 5.43. The number of hydrogen-bond acceptors (Lipinski definition) is 1. The predicted octanol–water partition coefficient (Wildman–Crippen LogP) is 6.49. The topological polar surface area (TPSA) is 22.0 Å². The van der Waals surface area contributed by atoms with Gasteiger partial charge < -0.3 is 4.57 Å². The summed E-state index contributed by atoms with van der Waals surface area (Å²) in [7, 11) is 0. The van der Waals surface area contributed by atoms with E-state index in [2.05, 4.69) is 36.3 Å². The third kappa shape index (κ3) is 6.90. The summed E-state index contributed by atoms with van der Waals surface area (Å²) in [4.78, 5) is 12.5. The van der Waals surface area contributed by atoms with Crippen LogP contribution in [0, 0.1) is 11.8 Å². The van der Waals surface area contributed by atoms with E-state index in [0.717, 1.165) is 55.2 Å². The molecular formula is C25H35NO. The maximum Gasteiger partial charge on any atom is 0.189 e. The number of unbranched alkanes of at least 4 members (excludes halogenated alkanes) is 7. The number of rotatable bonds is 11. The first-order chi connectivity index (χ1) is 13.3. The average molecular weight is 366 g/mol. The molecule has 2 aromatic rings. The Labute approximate surface area is 165 Å². The van der Waals surface area contributed by atoms with Crippen LogP contribution in [-0.4, -0.2) is 4.57 Å². The molecule has 146 valence electrons. The van der Waals surface area contributed by atoms with Gasteiger partial charge in [-0.25, -0.2) is 0 Å². The van der Waals surface area contributed by atoms with Gasteiger partial charge in [0, 0.05) is 36.5 Å². The van der Waals surface area contributed by atoms with Gasteiger partial charge in [0.1, 0.15) is 0 Å². The quantitative estimate of drug-likeness (QED) is 0.329. The van der Waals surface area contributed by atoms with Crippen molar-refractivity contribution < 1.29 is 0 Å². The lowest BCUT2D eigenvalue weighted by molar-refractivity contribution is 0.613. The molecule has 0 aliphatic carbocycles. The molecule has 0 radical (unpaired) electrons. The Bertz CT molecular complexity index is 806. The zero-order chi connectivity index (χ0) is 19.3. The highest BCUT2D eigenvalue weighted by Crippen LogP contribution is 2.15. The van der Waals surface area contributed by atoms with E-state index < -0.39 is 0 Å². The van der Waals surface area contributed by atoms with Gasteiger partial charge in [-0.05, 0) is 31.4 Å². The van der Waals surface area contributed by atoms with E-state index in [0.29, 0.717) is 0 Å². The molecule has 0 aliphatic rings. The Morgan fingerprint density at radius 3 is 2.37 bits per heavy atom. The molecule has 2 rings (SSSR count). The Hall–Kier alpha value is -2.01. The van der Waals surface area contributed by atoms with Crippen LogP contribution in [0.5, 0.6) is 0 Å². The summed E-state index contributed by atoms with van der Waals surface area (Å²) in [6, 6.07) is 9.80. The van der Waals surface area contributed by atoms with Crippen molar-refractivity contribution in [1.29, 1.82) is 0 Å². The van der Waals surface area contributed by atoms with Crippen molar-refractivity contribution in [2.24, 2.45) is 0 Å². The number of hydrogen-bond donors (Lipinski definition) is 0. The Morgan fingerprint density at radius 1 is 0.852 bits per heavy atom. The Kier molecular flexibility index (Phi) is 9.77. The average Bonchev–Trinajstić information content (AvgIpc) is 2.69. The van der Waals surface area contributed by atoms with Crippen LogP contribution >= 0.6 is 0 Å². The minimum Gasteiger partial charge on any atom is -0.344 e. The van der Waals surface area contributed by atoms with Gasteiger partial charge in [0.25, 0.3) is 0 Å². The van der Waals surface area contributed by atoms with E-state index in [9.17, 15) is 4.79 Å². The van der Waals surface area contributed by atoms with Gasteiger partial charge in [0.05, 0.1) is 5.52 Å². The maximum atomic E-state index is 12.5. The fraction of sp³-hybridized carbons (Fsp3) is 0.560. The molecule has 1 aromatic heterocycles. The van der Waals surface area contributed by atoms with Gasteiger partial charge >= 0.3 is 0 Å². The summed E-state index contributed by atoms with van der Waals surface area (Å²) in [5.74, 6) is 6.64. The van der Waals surface area contributed by atoms with E-state index in [4.69, 9.17) is 0 Å². The van der Waals surface area contributed by atoms with Crippen LogP contribution in [0.25, 0.3) is 10.9 Å². The van der Waals surface area contributed by atoms with Gasteiger partial charge in [0.15, 0.2) is 5.43 Å². The summed E-state index contributed by atoms with van der Waals surface area (Å²) in [5, 5.41) is 0.825. The minimum atomic E-state index is 0.133. The summed E-state index contributed by atoms with van der Waals surface area (Å²) in [6.07, 6.45) is 12.9. The number of fused-ring (bicyclic) bond motifs is 1. The molecule has 0 amide bonds. The molecule has 0 saturated heterocycles. The SMILES string of the molecule is CCCCCCCCC#CCCc1cc(=O)c2ccccc2n1CCCC. The lowest BCUT2D eigenvalue weighted by atomic mass is 10.1. The zero-order valence-corrected chi connectivity index (χ0v) is 17.2. The van der Waals surface area contributed by atoms with Gasteiger partial charge in [-0.1, -0.05) is 64.5 Å². The largest absolute Gasteiger partial charge is 0.344 e. The lowest BCUT2D eigenvalue weighted by Gasteiger charge is -2.16. The van der Waals surface area contributed by atoms with Gasteiger partial charge in [-0.15, -0.1) is 11.8 Å². The van der Waals surface area contributed by atoms with E-state index in [1.54, 1.807) is 0 Å². The van der Waals surface area contributed by atoms with Crippen LogP contribution in [0.1, 0.15) is 83.7 Å². The zero-order valence-electron chi connectivity index (χ0n) is 17.2. The number of para-hydroxylation sites is 1. The number of pyridine rings is 1. The number of benzene rings is 1. The highest BCUT2D eigenvalue weighted by molar-refractivity contribution is 5.79. The van der Waals surface area contributed by atoms with Crippen molar-refractivity contribution in [3.05, 3.63) is 46.2 Å². The lowest BCUT2D eigenvalue weighted by Crippen LogP contribution is -2.14. The van der Waals surface area contributed by atoms with Crippen LogP contribution in [0.4, 0.5) is 0 Å². The van der Waals surface area contributed by atoms with Crippen molar-refractivity contribution in [3.63, 3.8) is 0 Å².